The number of amides is 1. The van der Waals surface area contributed by atoms with Gasteiger partial charge < -0.3 is 11.1 Å². The van der Waals surface area contributed by atoms with Crippen molar-refractivity contribution < 1.29 is 4.79 Å². The molecule has 0 aliphatic heterocycles. The monoisotopic (exact) mass is 236 g/mol. The summed E-state index contributed by atoms with van der Waals surface area (Å²) < 4.78 is 0. The average molecular weight is 237 g/mol. The van der Waals surface area contributed by atoms with Crippen LogP contribution in [0.15, 0.2) is 18.2 Å². The standard InChI is InChI=1S/C12H13ClN2O/c1-4-12(2,3)15-11(16)8-6-5-7-9(13)10(8)14/h1,5-7H,14H2,2-3H3,(H,15,16). The molecule has 0 heterocycles. The van der Waals surface area contributed by atoms with E-state index in [4.69, 9.17) is 23.8 Å². The maximum Gasteiger partial charge on any atom is 0.254 e. The van der Waals surface area contributed by atoms with Gasteiger partial charge in [0.1, 0.15) is 0 Å². The van der Waals surface area contributed by atoms with Gasteiger partial charge in [0.25, 0.3) is 5.91 Å². The minimum atomic E-state index is -0.716. The molecule has 3 nitrogen and oxygen atoms in total. The van der Waals surface area contributed by atoms with Crippen molar-refractivity contribution in [2.24, 2.45) is 0 Å². The quantitative estimate of drug-likeness (QED) is 0.610. The lowest BCUT2D eigenvalue weighted by Crippen LogP contribution is -2.42. The minimum absolute atomic E-state index is 0.259. The molecule has 0 aliphatic carbocycles. The molecule has 0 atom stereocenters. The number of nitrogens with two attached hydrogens (primary N) is 1. The van der Waals surface area contributed by atoms with Gasteiger partial charge in [0.15, 0.2) is 0 Å². The number of carbonyl (C=O) groups excluding carboxylic acids is 1. The fraction of sp³-hybridized carbons (Fsp3) is 0.250. The number of hydrogen-bond donors (Lipinski definition) is 2. The first-order chi connectivity index (χ1) is 7.37. The van der Waals surface area contributed by atoms with E-state index in [1.54, 1.807) is 32.0 Å². The maximum absolute atomic E-state index is 11.8. The van der Waals surface area contributed by atoms with Crippen molar-refractivity contribution in [2.75, 3.05) is 5.73 Å². The number of rotatable bonds is 2. The van der Waals surface area contributed by atoms with Crippen LogP contribution in [-0.2, 0) is 0 Å². The second-order valence-corrected chi connectivity index (χ2v) is 4.33. The predicted octanol–water partition coefficient (Wildman–Crippen LogP) is 2.06. The summed E-state index contributed by atoms with van der Waals surface area (Å²) in [6.45, 7) is 3.46. The summed E-state index contributed by atoms with van der Waals surface area (Å²) in [7, 11) is 0. The number of terminal acetylenes is 1. The Morgan fingerprint density at radius 2 is 2.19 bits per heavy atom. The normalized spacial score (nSPS) is 10.6. The first-order valence-corrected chi connectivity index (χ1v) is 5.09. The van der Waals surface area contributed by atoms with E-state index in [-0.39, 0.29) is 11.6 Å². The number of nitrogens with one attached hydrogen (secondary N) is 1. The van der Waals surface area contributed by atoms with Gasteiger partial charge in [-0.3, -0.25) is 4.79 Å². The molecule has 4 heteroatoms. The van der Waals surface area contributed by atoms with Crippen molar-refractivity contribution in [3.05, 3.63) is 28.8 Å². The Kier molecular flexibility index (Phi) is 3.46. The first-order valence-electron chi connectivity index (χ1n) is 4.71. The Hall–Kier alpha value is -1.66. The van der Waals surface area contributed by atoms with E-state index in [1.165, 1.54) is 0 Å². The SMILES string of the molecule is C#CC(C)(C)NC(=O)c1cccc(Cl)c1N. The zero-order valence-electron chi connectivity index (χ0n) is 9.17. The lowest BCUT2D eigenvalue weighted by Gasteiger charge is -2.20. The molecule has 1 aromatic rings. The third-order valence-corrected chi connectivity index (χ3v) is 2.41. The summed E-state index contributed by atoms with van der Waals surface area (Å²) in [6.07, 6.45) is 5.28. The van der Waals surface area contributed by atoms with Gasteiger partial charge in [-0.25, -0.2) is 0 Å². The first kappa shape index (κ1) is 12.4. The van der Waals surface area contributed by atoms with Crippen LogP contribution in [0.3, 0.4) is 0 Å². The van der Waals surface area contributed by atoms with Crippen LogP contribution in [-0.4, -0.2) is 11.4 Å². The second-order valence-electron chi connectivity index (χ2n) is 3.92. The minimum Gasteiger partial charge on any atom is -0.397 e. The van der Waals surface area contributed by atoms with Gasteiger partial charge in [-0.1, -0.05) is 23.6 Å². The molecule has 0 saturated heterocycles. The van der Waals surface area contributed by atoms with E-state index in [9.17, 15) is 4.79 Å². The number of anilines is 1. The topological polar surface area (TPSA) is 55.1 Å². The van der Waals surface area contributed by atoms with Crippen LogP contribution < -0.4 is 11.1 Å². The van der Waals surface area contributed by atoms with Crippen LogP contribution in [0.2, 0.25) is 5.02 Å². The third kappa shape index (κ3) is 2.68. The molecule has 0 unspecified atom stereocenters. The van der Waals surface area contributed by atoms with Gasteiger partial charge in [0.05, 0.1) is 21.8 Å². The summed E-state index contributed by atoms with van der Waals surface area (Å²) >= 11 is 5.82. The molecule has 3 N–H and O–H groups in total. The van der Waals surface area contributed by atoms with Crippen LogP contribution in [0.1, 0.15) is 24.2 Å². The molecule has 1 aromatic carbocycles. The summed E-state index contributed by atoms with van der Waals surface area (Å²) in [4.78, 5) is 11.8. The van der Waals surface area contributed by atoms with E-state index in [0.717, 1.165) is 0 Å². The highest BCUT2D eigenvalue weighted by molar-refractivity contribution is 6.33. The molecule has 0 aromatic heterocycles. The fourth-order valence-electron chi connectivity index (χ4n) is 1.12. The van der Waals surface area contributed by atoms with Gasteiger partial charge in [0.2, 0.25) is 0 Å². The van der Waals surface area contributed by atoms with Gasteiger partial charge in [0, 0.05) is 0 Å². The number of halogens is 1. The molecular formula is C12H13ClN2O. The Morgan fingerprint density at radius 3 is 2.75 bits per heavy atom. The molecule has 1 amide bonds. The van der Waals surface area contributed by atoms with Gasteiger partial charge in [-0.05, 0) is 26.0 Å². The molecule has 84 valence electrons. The summed E-state index contributed by atoms with van der Waals surface area (Å²) in [5, 5.41) is 3.03. The molecule has 0 aliphatic rings. The van der Waals surface area contributed by atoms with Crippen molar-refractivity contribution in [1.29, 1.82) is 0 Å². The average Bonchev–Trinajstić information content (AvgIpc) is 2.21. The van der Waals surface area contributed by atoms with Crippen LogP contribution in [0.25, 0.3) is 0 Å². The molecular weight excluding hydrogens is 224 g/mol. The lowest BCUT2D eigenvalue weighted by molar-refractivity contribution is 0.0931. The zero-order chi connectivity index (χ0) is 12.3. The van der Waals surface area contributed by atoms with Crippen molar-refractivity contribution in [2.45, 2.75) is 19.4 Å². The van der Waals surface area contributed by atoms with E-state index in [2.05, 4.69) is 11.2 Å². The summed E-state index contributed by atoms with van der Waals surface area (Å²) in [6, 6.07) is 4.89. The van der Waals surface area contributed by atoms with Crippen LogP contribution in [0.4, 0.5) is 5.69 Å². The van der Waals surface area contributed by atoms with E-state index >= 15 is 0 Å². The predicted molar refractivity (Wildman–Crippen MR) is 66.2 cm³/mol. The zero-order valence-corrected chi connectivity index (χ0v) is 9.93. The Morgan fingerprint density at radius 1 is 1.56 bits per heavy atom. The highest BCUT2D eigenvalue weighted by Crippen LogP contribution is 2.22. The number of para-hydroxylation sites is 1. The fourth-order valence-corrected chi connectivity index (χ4v) is 1.30. The van der Waals surface area contributed by atoms with Gasteiger partial charge in [-0.2, -0.15) is 0 Å². The smallest absolute Gasteiger partial charge is 0.254 e. The molecule has 1 rings (SSSR count). The van der Waals surface area contributed by atoms with Gasteiger partial charge in [-0.15, -0.1) is 6.42 Å². The largest absolute Gasteiger partial charge is 0.397 e. The maximum atomic E-state index is 11.8. The highest BCUT2D eigenvalue weighted by Gasteiger charge is 2.20. The number of carbonyl (C=O) groups is 1. The van der Waals surface area contributed by atoms with Gasteiger partial charge >= 0.3 is 0 Å². The van der Waals surface area contributed by atoms with Crippen LogP contribution in [0, 0.1) is 12.3 Å². The number of nitrogen functional groups attached to an aromatic ring is 1. The Balaban J connectivity index is 2.99. The van der Waals surface area contributed by atoms with E-state index in [1.807, 2.05) is 0 Å². The molecule has 0 fully saturated rings. The molecule has 0 saturated carbocycles. The molecule has 0 spiro atoms. The van der Waals surface area contributed by atoms with Crippen LogP contribution >= 0.6 is 11.6 Å². The third-order valence-electron chi connectivity index (χ3n) is 2.08. The van der Waals surface area contributed by atoms with E-state index in [0.29, 0.717) is 10.6 Å². The molecule has 0 radical (unpaired) electrons. The lowest BCUT2D eigenvalue weighted by atomic mass is 10.1. The summed E-state index contributed by atoms with van der Waals surface area (Å²) in [5.74, 6) is 2.14. The Bertz CT molecular complexity index is 461. The number of hydrogen-bond acceptors (Lipinski definition) is 2. The van der Waals surface area contributed by atoms with E-state index < -0.39 is 5.54 Å². The van der Waals surface area contributed by atoms with Crippen molar-refractivity contribution in [3.8, 4) is 12.3 Å². The highest BCUT2D eigenvalue weighted by atomic mass is 35.5. The van der Waals surface area contributed by atoms with Crippen LogP contribution in [0.5, 0.6) is 0 Å². The second kappa shape index (κ2) is 4.46. The number of benzene rings is 1. The Labute approximate surface area is 100.0 Å². The van der Waals surface area contributed by atoms with Crippen molar-refractivity contribution in [1.82, 2.24) is 5.32 Å². The molecule has 16 heavy (non-hydrogen) atoms. The van der Waals surface area contributed by atoms with Crippen molar-refractivity contribution >= 4 is 23.2 Å². The van der Waals surface area contributed by atoms with Crippen molar-refractivity contribution in [3.63, 3.8) is 0 Å². The molecule has 0 bridgehead atoms. The summed E-state index contributed by atoms with van der Waals surface area (Å²) in [5.41, 5.74) is 5.57.